The van der Waals surface area contributed by atoms with E-state index >= 15 is 0 Å². The van der Waals surface area contributed by atoms with Crippen LogP contribution in [0.25, 0.3) is 0 Å². The molecule has 8 heteroatoms. The number of aliphatic carboxylic acids is 1. The van der Waals surface area contributed by atoms with Gasteiger partial charge in [0.1, 0.15) is 5.69 Å². The van der Waals surface area contributed by atoms with Gasteiger partial charge >= 0.3 is 5.97 Å². The van der Waals surface area contributed by atoms with E-state index in [1.54, 1.807) is 23.1 Å². The molecule has 1 aromatic rings. The minimum Gasteiger partial charge on any atom is -0.481 e. The molecule has 0 bridgehead atoms. The molecule has 118 valence electrons. The van der Waals surface area contributed by atoms with Crippen LogP contribution in [0.2, 0.25) is 0 Å². The molecule has 22 heavy (non-hydrogen) atoms. The number of nitrogens with zero attached hydrogens (tertiary/aromatic N) is 2. The SMILES string of the molecule is O=C(O)C1CCN(C(=O)CNc2ccccc2[N+](=O)[O-])CC1. The van der Waals surface area contributed by atoms with Crippen LogP contribution in [0.1, 0.15) is 12.8 Å². The van der Waals surface area contributed by atoms with E-state index in [0.717, 1.165) is 0 Å². The summed E-state index contributed by atoms with van der Waals surface area (Å²) >= 11 is 0. The third kappa shape index (κ3) is 3.72. The van der Waals surface area contributed by atoms with Crippen molar-refractivity contribution in [3.63, 3.8) is 0 Å². The topological polar surface area (TPSA) is 113 Å². The van der Waals surface area contributed by atoms with Crippen molar-refractivity contribution in [3.8, 4) is 0 Å². The summed E-state index contributed by atoms with van der Waals surface area (Å²) in [6.07, 6.45) is 0.874. The van der Waals surface area contributed by atoms with Crippen molar-refractivity contribution in [3.05, 3.63) is 34.4 Å². The van der Waals surface area contributed by atoms with E-state index in [4.69, 9.17) is 5.11 Å². The second kappa shape index (κ2) is 6.88. The predicted octanol–water partition coefficient (Wildman–Crippen LogP) is 1.33. The molecular formula is C14H17N3O5. The minimum absolute atomic E-state index is 0.0530. The van der Waals surface area contributed by atoms with E-state index < -0.39 is 16.8 Å². The number of carbonyl (C=O) groups excluding carboxylic acids is 1. The lowest BCUT2D eigenvalue weighted by atomic mass is 9.97. The number of carboxylic acid groups (broad SMARTS) is 1. The Hall–Kier alpha value is -2.64. The Balaban J connectivity index is 1.89. The molecule has 1 aromatic carbocycles. The molecule has 1 aliphatic heterocycles. The number of hydrogen-bond donors (Lipinski definition) is 2. The molecule has 0 atom stereocenters. The average Bonchev–Trinajstić information content (AvgIpc) is 2.52. The van der Waals surface area contributed by atoms with Gasteiger partial charge in [-0.2, -0.15) is 0 Å². The maximum Gasteiger partial charge on any atom is 0.306 e. The van der Waals surface area contributed by atoms with Crippen LogP contribution in [0.15, 0.2) is 24.3 Å². The highest BCUT2D eigenvalue weighted by atomic mass is 16.6. The van der Waals surface area contributed by atoms with Crippen molar-refractivity contribution >= 4 is 23.3 Å². The van der Waals surface area contributed by atoms with Crippen molar-refractivity contribution in [2.75, 3.05) is 25.0 Å². The van der Waals surface area contributed by atoms with Gasteiger partial charge in [-0.05, 0) is 18.9 Å². The molecule has 0 aromatic heterocycles. The zero-order chi connectivity index (χ0) is 16.1. The molecular weight excluding hydrogens is 290 g/mol. The number of para-hydroxylation sites is 2. The molecule has 1 saturated heterocycles. The summed E-state index contributed by atoms with van der Waals surface area (Å²) in [5, 5.41) is 22.6. The lowest BCUT2D eigenvalue weighted by Crippen LogP contribution is -2.42. The first-order chi connectivity index (χ1) is 10.5. The number of likely N-dealkylation sites (tertiary alicyclic amines) is 1. The molecule has 0 radical (unpaired) electrons. The first-order valence-corrected chi connectivity index (χ1v) is 6.97. The van der Waals surface area contributed by atoms with Gasteiger partial charge in [0.2, 0.25) is 5.91 Å². The molecule has 1 heterocycles. The molecule has 1 fully saturated rings. The fourth-order valence-electron chi connectivity index (χ4n) is 2.44. The molecule has 1 aliphatic rings. The molecule has 0 spiro atoms. The minimum atomic E-state index is -0.829. The highest BCUT2D eigenvalue weighted by Gasteiger charge is 2.27. The number of carbonyl (C=O) groups is 2. The van der Waals surface area contributed by atoms with Gasteiger partial charge in [0, 0.05) is 19.2 Å². The molecule has 2 rings (SSSR count). The van der Waals surface area contributed by atoms with Crippen LogP contribution in [-0.2, 0) is 9.59 Å². The Kier molecular flexibility index (Phi) is 4.92. The van der Waals surface area contributed by atoms with Crippen LogP contribution >= 0.6 is 0 Å². The van der Waals surface area contributed by atoms with Gasteiger partial charge in [-0.3, -0.25) is 19.7 Å². The normalized spacial score (nSPS) is 15.4. The largest absolute Gasteiger partial charge is 0.481 e. The number of nitro groups is 1. The van der Waals surface area contributed by atoms with Crippen LogP contribution in [0.4, 0.5) is 11.4 Å². The zero-order valence-electron chi connectivity index (χ0n) is 11.9. The van der Waals surface area contributed by atoms with Gasteiger partial charge in [0.25, 0.3) is 5.69 Å². The van der Waals surface area contributed by atoms with Gasteiger partial charge in [-0.1, -0.05) is 12.1 Å². The third-order valence-corrected chi connectivity index (χ3v) is 3.73. The van der Waals surface area contributed by atoms with Crippen LogP contribution in [-0.4, -0.2) is 46.4 Å². The van der Waals surface area contributed by atoms with Gasteiger partial charge in [-0.25, -0.2) is 0 Å². The maximum absolute atomic E-state index is 12.1. The Morgan fingerprint density at radius 1 is 1.32 bits per heavy atom. The number of amides is 1. The van der Waals surface area contributed by atoms with E-state index in [1.165, 1.54) is 6.07 Å². The van der Waals surface area contributed by atoms with Crippen LogP contribution in [0.3, 0.4) is 0 Å². The van der Waals surface area contributed by atoms with Crippen LogP contribution in [0.5, 0.6) is 0 Å². The molecule has 2 N–H and O–H groups in total. The summed E-state index contributed by atoms with van der Waals surface area (Å²) in [6.45, 7) is 0.741. The van der Waals surface area contributed by atoms with Crippen LogP contribution in [0, 0.1) is 16.0 Å². The number of hydrogen-bond acceptors (Lipinski definition) is 5. The van der Waals surface area contributed by atoms with Crippen molar-refractivity contribution in [1.29, 1.82) is 0 Å². The molecule has 0 unspecified atom stereocenters. The van der Waals surface area contributed by atoms with E-state index in [0.29, 0.717) is 31.6 Å². The van der Waals surface area contributed by atoms with E-state index in [1.807, 2.05) is 0 Å². The summed E-state index contributed by atoms with van der Waals surface area (Å²) < 4.78 is 0. The number of piperidine rings is 1. The van der Waals surface area contributed by atoms with Gasteiger partial charge in [0.15, 0.2) is 0 Å². The van der Waals surface area contributed by atoms with Gasteiger partial charge in [-0.15, -0.1) is 0 Å². The smallest absolute Gasteiger partial charge is 0.306 e. The average molecular weight is 307 g/mol. The molecule has 0 aliphatic carbocycles. The summed E-state index contributed by atoms with van der Waals surface area (Å²) in [5.41, 5.74) is 0.209. The molecule has 8 nitrogen and oxygen atoms in total. The number of benzene rings is 1. The number of carboxylic acids is 1. The Bertz CT molecular complexity index is 582. The Morgan fingerprint density at radius 3 is 2.55 bits per heavy atom. The quantitative estimate of drug-likeness (QED) is 0.627. The summed E-state index contributed by atoms with van der Waals surface area (Å²) in [4.78, 5) is 34.9. The van der Waals surface area contributed by atoms with E-state index in [-0.39, 0.29) is 18.1 Å². The monoisotopic (exact) mass is 307 g/mol. The van der Waals surface area contributed by atoms with Gasteiger partial charge < -0.3 is 15.3 Å². The second-order valence-electron chi connectivity index (χ2n) is 5.12. The lowest BCUT2D eigenvalue weighted by molar-refractivity contribution is -0.383. The number of anilines is 1. The summed E-state index contributed by atoms with van der Waals surface area (Å²) in [6, 6.07) is 6.12. The van der Waals surface area contributed by atoms with E-state index in [9.17, 15) is 19.7 Å². The van der Waals surface area contributed by atoms with Crippen molar-refractivity contribution in [1.82, 2.24) is 4.90 Å². The first-order valence-electron chi connectivity index (χ1n) is 6.97. The number of rotatable bonds is 5. The summed E-state index contributed by atoms with van der Waals surface area (Å²) in [7, 11) is 0. The molecule has 0 saturated carbocycles. The number of nitrogens with one attached hydrogen (secondary N) is 1. The van der Waals surface area contributed by atoms with Crippen molar-refractivity contribution < 1.29 is 19.6 Å². The second-order valence-corrected chi connectivity index (χ2v) is 5.12. The predicted molar refractivity (Wildman–Crippen MR) is 78.5 cm³/mol. The summed E-state index contributed by atoms with van der Waals surface area (Å²) in [5.74, 6) is -1.42. The van der Waals surface area contributed by atoms with Crippen molar-refractivity contribution in [2.45, 2.75) is 12.8 Å². The standard InChI is InChI=1S/C14H17N3O5/c18-13(16-7-5-10(6-8-16)14(19)20)9-15-11-3-1-2-4-12(11)17(21)22/h1-4,10,15H,5-9H2,(H,19,20). The first kappa shape index (κ1) is 15.7. The third-order valence-electron chi connectivity index (χ3n) is 3.73. The Labute approximate surface area is 126 Å². The lowest BCUT2D eigenvalue weighted by Gasteiger charge is -2.30. The fourth-order valence-corrected chi connectivity index (χ4v) is 2.44. The van der Waals surface area contributed by atoms with Gasteiger partial charge in [0.05, 0.1) is 17.4 Å². The highest BCUT2D eigenvalue weighted by Crippen LogP contribution is 2.23. The maximum atomic E-state index is 12.1. The zero-order valence-corrected chi connectivity index (χ0v) is 11.9. The van der Waals surface area contributed by atoms with Crippen molar-refractivity contribution in [2.24, 2.45) is 5.92 Å². The highest BCUT2D eigenvalue weighted by molar-refractivity contribution is 5.82. The molecule has 1 amide bonds. The Morgan fingerprint density at radius 2 is 1.95 bits per heavy atom. The fraction of sp³-hybridized carbons (Fsp3) is 0.429. The number of nitro benzene ring substituents is 1. The van der Waals surface area contributed by atoms with Crippen LogP contribution < -0.4 is 5.32 Å². The van der Waals surface area contributed by atoms with E-state index in [2.05, 4.69) is 5.32 Å².